The summed E-state index contributed by atoms with van der Waals surface area (Å²) in [6.07, 6.45) is 2.67. The molecule has 1 radical (unpaired) electrons. The Morgan fingerprint density at radius 2 is 1.60 bits per heavy atom. The summed E-state index contributed by atoms with van der Waals surface area (Å²) < 4.78 is 0. The van der Waals surface area contributed by atoms with E-state index in [1.54, 1.807) is 26.0 Å². The molecule has 0 aliphatic heterocycles. The molecule has 0 bridgehead atoms. The van der Waals surface area contributed by atoms with Crippen molar-refractivity contribution in [3.05, 3.63) is 5.32 Å². The molecule has 0 aromatic carbocycles. The van der Waals surface area contributed by atoms with Crippen molar-refractivity contribution in [3.63, 3.8) is 0 Å². The van der Waals surface area contributed by atoms with E-state index in [-0.39, 0.29) is 32.7 Å². The fourth-order valence-electron chi connectivity index (χ4n) is 0.200. The maximum atomic E-state index is 3.61. The van der Waals surface area contributed by atoms with Gasteiger partial charge in [-0.05, 0) is 21.1 Å². The van der Waals surface area contributed by atoms with Crippen LogP contribution >= 0.6 is 0 Å². The van der Waals surface area contributed by atoms with Crippen LogP contribution in [0.4, 0.5) is 0 Å². The van der Waals surface area contributed by atoms with Gasteiger partial charge in [0.15, 0.2) is 0 Å². The van der Waals surface area contributed by atoms with E-state index in [2.05, 4.69) is 16.6 Å². The van der Waals surface area contributed by atoms with Crippen LogP contribution in [0, 0.1) is 0 Å². The Bertz CT molecular complexity index is 64.0. The number of rotatable bonds is 1. The van der Waals surface area contributed by atoms with Gasteiger partial charge < -0.3 is 15.2 Å². The molecular weight excluding hydrogens is 203 g/mol. The van der Waals surface area contributed by atoms with Crippen molar-refractivity contribution in [1.82, 2.24) is 4.90 Å². The van der Waals surface area contributed by atoms with Gasteiger partial charge in [0.1, 0.15) is 0 Å². The Hall–Kier alpha value is 0.534. The Labute approximate surface area is 89.2 Å². The van der Waals surface area contributed by atoms with Crippen molar-refractivity contribution >= 4 is 6.34 Å². The van der Waals surface area contributed by atoms with Crippen LogP contribution in [0.25, 0.3) is 5.32 Å². The van der Waals surface area contributed by atoms with Crippen molar-refractivity contribution in [2.75, 3.05) is 35.2 Å². The summed E-state index contributed by atoms with van der Waals surface area (Å²) in [5.41, 5.74) is 0. The van der Waals surface area contributed by atoms with Gasteiger partial charge in [0, 0.05) is 32.7 Å². The van der Waals surface area contributed by atoms with Gasteiger partial charge in [-0.25, -0.2) is 0 Å². The zero-order chi connectivity index (χ0) is 7.70. The van der Waals surface area contributed by atoms with Gasteiger partial charge >= 0.3 is 0 Å². The van der Waals surface area contributed by atoms with Crippen LogP contribution in [-0.4, -0.2) is 46.5 Å². The third kappa shape index (κ3) is 38.8. The molecular formula is C6H15N3Y-2. The van der Waals surface area contributed by atoms with E-state index in [1.807, 2.05) is 14.1 Å². The molecule has 4 heteroatoms. The first-order valence-corrected chi connectivity index (χ1v) is 2.68. The molecule has 0 aliphatic carbocycles. The van der Waals surface area contributed by atoms with Gasteiger partial charge in [-0.15, -0.1) is 0 Å². The van der Waals surface area contributed by atoms with Crippen molar-refractivity contribution < 1.29 is 32.7 Å². The number of hydrogen-bond acceptors (Lipinski definition) is 1. The van der Waals surface area contributed by atoms with E-state index in [9.17, 15) is 0 Å². The van der Waals surface area contributed by atoms with Crippen molar-refractivity contribution in [2.45, 2.75) is 0 Å². The Morgan fingerprint density at radius 1 is 1.30 bits per heavy atom. The standard InChI is InChI=1S/C4H9N2.C2H6N.Y/c1-5-4-6(2)3;1-3-2;/h1-3H3;1-2H3;/q2*-1;. The van der Waals surface area contributed by atoms with Crippen LogP contribution < -0.4 is 0 Å². The predicted molar refractivity (Wildman–Crippen MR) is 42.3 cm³/mol. The largest absolute Gasteiger partial charge is 0.668 e. The van der Waals surface area contributed by atoms with E-state index < -0.39 is 0 Å². The molecule has 0 saturated heterocycles. The summed E-state index contributed by atoms with van der Waals surface area (Å²) in [6.45, 7) is 0. The third-order valence-electron chi connectivity index (χ3n) is 0.300. The quantitative estimate of drug-likeness (QED) is 0.276. The Balaban J connectivity index is -0.000000107. The minimum atomic E-state index is 0. The van der Waals surface area contributed by atoms with Gasteiger partial charge in [0.2, 0.25) is 0 Å². The summed E-state index contributed by atoms with van der Waals surface area (Å²) in [5.74, 6) is 0. The molecule has 0 aliphatic rings. The zero-order valence-corrected chi connectivity index (χ0v) is 10.3. The minimum absolute atomic E-state index is 0. The average molecular weight is 218 g/mol. The van der Waals surface area contributed by atoms with Crippen LogP contribution in [0.2, 0.25) is 0 Å². The summed E-state index contributed by atoms with van der Waals surface area (Å²) in [7, 11) is 8.96. The Kier molecular flexibility index (Phi) is 27.4. The number of nitrogens with zero attached hydrogens (tertiary/aromatic N) is 3. The molecule has 10 heavy (non-hydrogen) atoms. The first kappa shape index (κ1) is 16.9. The topological polar surface area (TPSA) is 29.7 Å². The van der Waals surface area contributed by atoms with E-state index in [1.165, 1.54) is 0 Å². The van der Waals surface area contributed by atoms with Crippen molar-refractivity contribution in [3.8, 4) is 0 Å². The van der Waals surface area contributed by atoms with Gasteiger partial charge in [0.05, 0.1) is 0 Å². The van der Waals surface area contributed by atoms with E-state index in [4.69, 9.17) is 0 Å². The number of aliphatic imine (C=N–C) groups is 1. The molecule has 0 unspecified atom stereocenters. The second-order valence-electron chi connectivity index (χ2n) is 1.67. The van der Waals surface area contributed by atoms with Crippen LogP contribution in [-0.2, 0) is 32.7 Å². The van der Waals surface area contributed by atoms with Gasteiger partial charge in [-0.1, -0.05) is 0 Å². The van der Waals surface area contributed by atoms with Crippen LogP contribution in [0.15, 0.2) is 4.99 Å². The van der Waals surface area contributed by atoms with E-state index in [0.717, 1.165) is 0 Å². The molecule has 0 atom stereocenters. The summed E-state index contributed by atoms with van der Waals surface area (Å²) >= 11 is 0. The monoisotopic (exact) mass is 218 g/mol. The molecule has 0 amide bonds. The van der Waals surface area contributed by atoms with Crippen LogP contribution in [0.5, 0.6) is 0 Å². The maximum Gasteiger partial charge on any atom is 0 e. The summed E-state index contributed by atoms with van der Waals surface area (Å²) in [5, 5.41) is 3.50. The SMILES string of the molecule is CN=[C-]N(C)C.C[N-]C.[Y]. The average Bonchev–Trinajstić information content (AvgIpc) is 1.67. The maximum absolute atomic E-state index is 3.61. The molecule has 0 N–H and O–H groups in total. The molecule has 0 fully saturated rings. The molecule has 0 aromatic heterocycles. The zero-order valence-electron chi connectivity index (χ0n) is 7.42. The van der Waals surface area contributed by atoms with Crippen LogP contribution in [0.1, 0.15) is 0 Å². The van der Waals surface area contributed by atoms with Gasteiger partial charge in [-0.3, -0.25) is 6.34 Å². The molecule has 3 nitrogen and oxygen atoms in total. The number of hydrogen-bond donors (Lipinski definition) is 0. The first-order valence-electron chi connectivity index (χ1n) is 2.68. The minimum Gasteiger partial charge on any atom is -0.668 e. The van der Waals surface area contributed by atoms with Crippen molar-refractivity contribution in [1.29, 1.82) is 0 Å². The van der Waals surface area contributed by atoms with Gasteiger partial charge in [-0.2, -0.15) is 14.1 Å². The second kappa shape index (κ2) is 16.3. The normalized spacial score (nSPS) is 7.70. The molecule has 0 rings (SSSR count). The van der Waals surface area contributed by atoms with Crippen LogP contribution in [0.3, 0.4) is 0 Å². The molecule has 0 saturated carbocycles. The molecule has 59 valence electrons. The fraction of sp³-hybridized carbons (Fsp3) is 0.833. The summed E-state index contributed by atoms with van der Waals surface area (Å²) in [4.78, 5) is 5.38. The Morgan fingerprint density at radius 3 is 1.60 bits per heavy atom. The fourth-order valence-corrected chi connectivity index (χ4v) is 0.200. The third-order valence-corrected chi connectivity index (χ3v) is 0.300. The second-order valence-corrected chi connectivity index (χ2v) is 1.67. The summed E-state index contributed by atoms with van der Waals surface area (Å²) in [6, 6.07) is 0. The van der Waals surface area contributed by atoms with E-state index >= 15 is 0 Å². The molecule has 0 spiro atoms. The smallest absolute Gasteiger partial charge is 0 e. The van der Waals surface area contributed by atoms with Gasteiger partial charge in [0.25, 0.3) is 0 Å². The predicted octanol–water partition coefficient (Wildman–Crippen LogP) is 0.700. The van der Waals surface area contributed by atoms with E-state index in [0.29, 0.717) is 0 Å². The van der Waals surface area contributed by atoms with Crippen molar-refractivity contribution in [2.24, 2.45) is 4.99 Å². The molecule has 0 heterocycles. The first-order chi connectivity index (χ1) is 4.18. The molecule has 0 aromatic rings.